The van der Waals surface area contributed by atoms with Gasteiger partial charge in [-0.05, 0) is 61.4 Å². The number of rotatable bonds is 8. The Morgan fingerprint density at radius 1 is 1.03 bits per heavy atom. The fourth-order valence-corrected chi connectivity index (χ4v) is 4.61. The minimum Gasteiger partial charge on any atom is -0.490 e. The van der Waals surface area contributed by atoms with E-state index in [1.165, 1.54) is 6.33 Å². The van der Waals surface area contributed by atoms with Crippen molar-refractivity contribution in [2.45, 2.75) is 26.5 Å². The number of allylic oxidation sites excluding steroid dienone is 1. The molecule has 5 rings (SSSR count). The monoisotopic (exact) mass is 549 g/mol. The topological polar surface area (TPSA) is 90.3 Å². The lowest BCUT2D eigenvalue weighted by atomic mass is 9.94. The number of ether oxygens (including phenoxy) is 2. The zero-order valence-electron chi connectivity index (χ0n) is 20.7. The Bertz CT molecular complexity index is 1500. The third kappa shape index (κ3) is 5.32. The van der Waals surface area contributed by atoms with E-state index in [-0.39, 0.29) is 12.5 Å². The van der Waals surface area contributed by atoms with Gasteiger partial charge in [0.05, 0.1) is 22.2 Å². The normalized spacial score (nSPS) is 14.5. The molecule has 1 aliphatic rings. The van der Waals surface area contributed by atoms with Gasteiger partial charge in [-0.3, -0.25) is 4.79 Å². The second-order valence-electron chi connectivity index (χ2n) is 8.59. The minimum atomic E-state index is -0.541. The van der Waals surface area contributed by atoms with E-state index < -0.39 is 6.04 Å². The molecule has 1 amide bonds. The molecule has 0 spiro atoms. The summed E-state index contributed by atoms with van der Waals surface area (Å²) in [4.78, 5) is 17.8. The van der Waals surface area contributed by atoms with Gasteiger partial charge in [0, 0.05) is 11.4 Å². The van der Waals surface area contributed by atoms with Crippen molar-refractivity contribution < 1.29 is 14.3 Å². The standard InChI is InChI=1S/C28H25Cl2N5O3/c1-3-37-24-14-19(10-12-23(24)38-15-18-9-11-21(29)22(30)13-18)26-25(17(2)33-28-31-16-32-35(26)28)27(36)34-20-7-5-4-6-8-20/h4-14,16,26H,3,15H2,1-2H3,(H,34,36)(H,31,32,33)/t26-/m1/s1. The Kier molecular flexibility index (Phi) is 7.53. The van der Waals surface area contributed by atoms with E-state index in [4.69, 9.17) is 32.7 Å². The molecule has 0 radical (unpaired) electrons. The molecular formula is C28H25Cl2N5O3. The van der Waals surface area contributed by atoms with Crippen LogP contribution in [0.4, 0.5) is 11.6 Å². The van der Waals surface area contributed by atoms with Crippen LogP contribution in [0.2, 0.25) is 10.0 Å². The number of carbonyl (C=O) groups excluding carboxylic acids is 1. The highest BCUT2D eigenvalue weighted by molar-refractivity contribution is 6.42. The number of para-hydroxylation sites is 1. The van der Waals surface area contributed by atoms with Gasteiger partial charge in [-0.15, -0.1) is 0 Å². The van der Waals surface area contributed by atoms with Crippen molar-refractivity contribution in [2.24, 2.45) is 0 Å². The summed E-state index contributed by atoms with van der Waals surface area (Å²) in [5.74, 6) is 1.41. The molecule has 8 nitrogen and oxygen atoms in total. The maximum Gasteiger partial charge on any atom is 0.255 e. The van der Waals surface area contributed by atoms with Crippen LogP contribution in [0.5, 0.6) is 11.5 Å². The van der Waals surface area contributed by atoms with Crippen LogP contribution in [0.25, 0.3) is 0 Å². The Labute approximate surface area is 230 Å². The number of carbonyl (C=O) groups is 1. The van der Waals surface area contributed by atoms with Gasteiger partial charge in [-0.1, -0.05) is 53.5 Å². The summed E-state index contributed by atoms with van der Waals surface area (Å²) in [6.45, 7) is 4.46. The van der Waals surface area contributed by atoms with Crippen LogP contribution in [0.3, 0.4) is 0 Å². The second-order valence-corrected chi connectivity index (χ2v) is 9.41. The van der Waals surface area contributed by atoms with Crippen LogP contribution in [0, 0.1) is 0 Å². The molecule has 2 heterocycles. The van der Waals surface area contributed by atoms with Crippen molar-refractivity contribution in [1.29, 1.82) is 0 Å². The zero-order valence-corrected chi connectivity index (χ0v) is 22.3. The number of nitrogens with zero attached hydrogens (tertiary/aromatic N) is 3. The first-order chi connectivity index (χ1) is 18.4. The number of hydrogen-bond donors (Lipinski definition) is 2. The first-order valence-corrected chi connectivity index (χ1v) is 12.8. The number of fused-ring (bicyclic) bond motifs is 1. The van der Waals surface area contributed by atoms with Gasteiger partial charge in [0.15, 0.2) is 11.5 Å². The Balaban J connectivity index is 1.48. The number of benzene rings is 3. The molecule has 194 valence electrons. The third-order valence-corrected chi connectivity index (χ3v) is 6.77. The summed E-state index contributed by atoms with van der Waals surface area (Å²) >= 11 is 12.2. The minimum absolute atomic E-state index is 0.245. The van der Waals surface area contributed by atoms with Crippen molar-refractivity contribution in [2.75, 3.05) is 17.2 Å². The molecule has 1 aromatic heterocycles. The average molecular weight is 550 g/mol. The highest BCUT2D eigenvalue weighted by Crippen LogP contribution is 2.39. The maximum atomic E-state index is 13.5. The van der Waals surface area contributed by atoms with Crippen molar-refractivity contribution >= 4 is 40.7 Å². The summed E-state index contributed by atoms with van der Waals surface area (Å²) < 4.78 is 13.7. The molecule has 10 heteroatoms. The number of nitrogens with one attached hydrogen (secondary N) is 2. The fraction of sp³-hybridized carbons (Fsp3) is 0.179. The summed E-state index contributed by atoms with van der Waals surface area (Å²) in [5.41, 5.74) is 3.55. The highest BCUT2D eigenvalue weighted by atomic mass is 35.5. The van der Waals surface area contributed by atoms with Crippen LogP contribution in [-0.4, -0.2) is 27.3 Å². The van der Waals surface area contributed by atoms with Crippen molar-refractivity contribution in [3.05, 3.63) is 105 Å². The molecule has 4 aromatic rings. The van der Waals surface area contributed by atoms with Gasteiger partial charge in [0.1, 0.15) is 19.0 Å². The van der Waals surface area contributed by atoms with E-state index in [9.17, 15) is 4.79 Å². The highest BCUT2D eigenvalue weighted by Gasteiger charge is 2.34. The number of halogens is 2. The molecule has 38 heavy (non-hydrogen) atoms. The molecule has 0 saturated heterocycles. The largest absolute Gasteiger partial charge is 0.490 e. The molecule has 0 fully saturated rings. The number of aromatic nitrogens is 3. The number of amides is 1. The summed E-state index contributed by atoms with van der Waals surface area (Å²) in [7, 11) is 0. The third-order valence-electron chi connectivity index (χ3n) is 6.03. The van der Waals surface area contributed by atoms with Crippen molar-refractivity contribution in [3.63, 3.8) is 0 Å². The molecule has 0 bridgehead atoms. The predicted octanol–water partition coefficient (Wildman–Crippen LogP) is 6.49. The molecule has 1 aliphatic heterocycles. The average Bonchev–Trinajstić information content (AvgIpc) is 3.38. The van der Waals surface area contributed by atoms with E-state index in [1.54, 1.807) is 16.8 Å². The lowest BCUT2D eigenvalue weighted by Gasteiger charge is -2.29. The summed E-state index contributed by atoms with van der Waals surface area (Å²) in [6, 6.07) is 19.7. The lowest BCUT2D eigenvalue weighted by Crippen LogP contribution is -2.31. The van der Waals surface area contributed by atoms with Crippen LogP contribution in [0.15, 0.2) is 84.3 Å². The molecular weight excluding hydrogens is 525 g/mol. The first kappa shape index (κ1) is 25.6. The van der Waals surface area contributed by atoms with E-state index in [2.05, 4.69) is 20.7 Å². The maximum absolute atomic E-state index is 13.5. The second kappa shape index (κ2) is 11.2. The molecule has 1 atom stereocenters. The SMILES string of the molecule is CCOc1cc([C@@H]2C(C(=O)Nc3ccccc3)=C(C)Nc3ncnn32)ccc1OCc1ccc(Cl)c(Cl)c1. The van der Waals surface area contributed by atoms with Gasteiger partial charge in [0.2, 0.25) is 5.95 Å². The smallest absolute Gasteiger partial charge is 0.255 e. The summed E-state index contributed by atoms with van der Waals surface area (Å²) in [5, 5.41) is 11.5. The summed E-state index contributed by atoms with van der Waals surface area (Å²) in [6.07, 6.45) is 1.46. The molecule has 2 N–H and O–H groups in total. The van der Waals surface area contributed by atoms with Gasteiger partial charge < -0.3 is 20.1 Å². The van der Waals surface area contributed by atoms with Crippen LogP contribution >= 0.6 is 23.2 Å². The Morgan fingerprint density at radius 2 is 1.84 bits per heavy atom. The predicted molar refractivity (Wildman–Crippen MR) is 148 cm³/mol. The number of hydrogen-bond acceptors (Lipinski definition) is 6. The lowest BCUT2D eigenvalue weighted by molar-refractivity contribution is -0.113. The van der Waals surface area contributed by atoms with Gasteiger partial charge in [-0.25, -0.2) is 4.68 Å². The van der Waals surface area contributed by atoms with Crippen LogP contribution < -0.4 is 20.1 Å². The molecule has 0 saturated carbocycles. The van der Waals surface area contributed by atoms with Crippen molar-refractivity contribution in [1.82, 2.24) is 14.8 Å². The van der Waals surface area contributed by atoms with Crippen LogP contribution in [-0.2, 0) is 11.4 Å². The fourth-order valence-electron chi connectivity index (χ4n) is 4.29. The van der Waals surface area contributed by atoms with Crippen LogP contribution in [0.1, 0.15) is 31.0 Å². The first-order valence-electron chi connectivity index (χ1n) is 12.0. The van der Waals surface area contributed by atoms with E-state index in [1.807, 2.05) is 68.4 Å². The number of anilines is 2. The van der Waals surface area contributed by atoms with Gasteiger partial charge in [0.25, 0.3) is 5.91 Å². The van der Waals surface area contributed by atoms with Gasteiger partial charge >= 0.3 is 0 Å². The van der Waals surface area contributed by atoms with E-state index >= 15 is 0 Å². The van der Waals surface area contributed by atoms with Gasteiger partial charge in [-0.2, -0.15) is 10.1 Å². The van der Waals surface area contributed by atoms with E-state index in [0.717, 1.165) is 11.1 Å². The molecule has 3 aromatic carbocycles. The molecule has 0 unspecified atom stereocenters. The Morgan fingerprint density at radius 3 is 2.61 bits per heavy atom. The molecule has 0 aliphatic carbocycles. The zero-order chi connectivity index (χ0) is 26.6. The van der Waals surface area contributed by atoms with Crippen molar-refractivity contribution in [3.8, 4) is 11.5 Å². The Hall–Kier alpha value is -4.01. The van der Waals surface area contributed by atoms with E-state index in [0.29, 0.717) is 51.1 Å². The quantitative estimate of drug-likeness (QED) is 0.261.